The van der Waals surface area contributed by atoms with Crippen LogP contribution in [0.25, 0.3) is 0 Å². The van der Waals surface area contributed by atoms with E-state index >= 15 is 0 Å². The van der Waals surface area contributed by atoms with E-state index in [1.165, 1.54) is 71.0 Å². The molecule has 0 saturated carbocycles. The summed E-state index contributed by atoms with van der Waals surface area (Å²) in [7, 11) is 0. The Labute approximate surface area is 109 Å². The van der Waals surface area contributed by atoms with Crippen LogP contribution in [0.3, 0.4) is 0 Å². The average Bonchev–Trinajstić information content (AvgIpc) is 2.35. The molecule has 0 unspecified atom stereocenters. The summed E-state index contributed by atoms with van der Waals surface area (Å²) in [5.74, 6) is 0. The van der Waals surface area contributed by atoms with E-state index in [1.807, 2.05) is 6.08 Å². The first kappa shape index (κ1) is 16.7. The lowest BCUT2D eigenvalue weighted by atomic mass is 10.1. The van der Waals surface area contributed by atoms with Crippen molar-refractivity contribution in [1.82, 2.24) is 4.90 Å². The first-order chi connectivity index (χ1) is 8.35. The smallest absolute Gasteiger partial charge is 0.00159 e. The van der Waals surface area contributed by atoms with Gasteiger partial charge in [-0.25, -0.2) is 0 Å². The summed E-state index contributed by atoms with van der Waals surface area (Å²) in [4.78, 5) is 2.58. The average molecular weight is 239 g/mol. The Kier molecular flexibility index (Phi) is 13.5. The van der Waals surface area contributed by atoms with E-state index < -0.39 is 0 Å². The van der Waals surface area contributed by atoms with Crippen LogP contribution in [0, 0.1) is 0 Å². The van der Waals surface area contributed by atoms with E-state index in [4.69, 9.17) is 0 Å². The van der Waals surface area contributed by atoms with Crippen molar-refractivity contribution in [2.75, 3.05) is 19.6 Å². The Morgan fingerprint density at radius 2 is 1.41 bits per heavy atom. The number of unbranched alkanes of at least 4 members (excludes halogenated alkanes) is 7. The molecule has 0 aliphatic carbocycles. The van der Waals surface area contributed by atoms with Crippen LogP contribution in [0.15, 0.2) is 12.7 Å². The molecule has 102 valence electrons. The number of allylic oxidation sites excluding steroid dienone is 1. The summed E-state index contributed by atoms with van der Waals surface area (Å²) < 4.78 is 0. The summed E-state index contributed by atoms with van der Waals surface area (Å²) in [5, 5.41) is 0. The van der Waals surface area contributed by atoms with Gasteiger partial charge in [0, 0.05) is 0 Å². The molecule has 17 heavy (non-hydrogen) atoms. The Bertz CT molecular complexity index is 154. The monoisotopic (exact) mass is 239 g/mol. The van der Waals surface area contributed by atoms with E-state index in [9.17, 15) is 0 Å². The van der Waals surface area contributed by atoms with E-state index in [0.717, 1.165) is 6.42 Å². The molecular formula is C16H33N. The molecule has 0 saturated heterocycles. The minimum absolute atomic E-state index is 1.16. The second kappa shape index (κ2) is 13.8. The van der Waals surface area contributed by atoms with Gasteiger partial charge in [-0.2, -0.15) is 0 Å². The van der Waals surface area contributed by atoms with Crippen LogP contribution < -0.4 is 0 Å². The quantitative estimate of drug-likeness (QED) is 0.322. The standard InChI is InChI=1S/C16H33N/c1-4-7-9-10-11-12-14-16-17(6-3)15-13-8-5-2/h5H,2,4,6-16H2,1,3H3. The maximum atomic E-state index is 3.78. The highest BCUT2D eigenvalue weighted by Crippen LogP contribution is 2.08. The Hall–Kier alpha value is -0.300. The first-order valence-corrected chi connectivity index (χ1v) is 7.68. The van der Waals surface area contributed by atoms with Crippen molar-refractivity contribution in [1.29, 1.82) is 0 Å². The molecule has 0 bridgehead atoms. The number of hydrogen-bond donors (Lipinski definition) is 0. The van der Waals surface area contributed by atoms with Gasteiger partial charge in [0.25, 0.3) is 0 Å². The number of nitrogens with zero attached hydrogens (tertiary/aromatic N) is 1. The van der Waals surface area contributed by atoms with Crippen molar-refractivity contribution in [2.24, 2.45) is 0 Å². The molecule has 0 radical (unpaired) electrons. The molecule has 0 heterocycles. The summed E-state index contributed by atoms with van der Waals surface area (Å²) in [6.07, 6.45) is 14.3. The fourth-order valence-corrected chi connectivity index (χ4v) is 2.18. The molecule has 0 fully saturated rings. The van der Waals surface area contributed by atoms with Gasteiger partial charge in [0.15, 0.2) is 0 Å². The second-order valence-electron chi connectivity index (χ2n) is 4.99. The minimum atomic E-state index is 1.16. The third-order valence-corrected chi connectivity index (χ3v) is 3.41. The van der Waals surface area contributed by atoms with Crippen LogP contribution in [0.1, 0.15) is 71.6 Å². The highest BCUT2D eigenvalue weighted by atomic mass is 15.1. The molecule has 1 heteroatoms. The Balaban J connectivity index is 3.27. The molecule has 1 nitrogen and oxygen atoms in total. The fourth-order valence-electron chi connectivity index (χ4n) is 2.18. The summed E-state index contributed by atoms with van der Waals surface area (Å²) in [6, 6.07) is 0. The van der Waals surface area contributed by atoms with Gasteiger partial charge in [-0.1, -0.05) is 58.4 Å². The van der Waals surface area contributed by atoms with E-state index in [-0.39, 0.29) is 0 Å². The van der Waals surface area contributed by atoms with Crippen molar-refractivity contribution in [3.8, 4) is 0 Å². The van der Waals surface area contributed by atoms with E-state index in [1.54, 1.807) is 0 Å². The second-order valence-corrected chi connectivity index (χ2v) is 4.99. The van der Waals surface area contributed by atoms with Gasteiger partial charge in [-0.05, 0) is 38.9 Å². The third-order valence-electron chi connectivity index (χ3n) is 3.41. The first-order valence-electron chi connectivity index (χ1n) is 7.68. The van der Waals surface area contributed by atoms with Crippen molar-refractivity contribution < 1.29 is 0 Å². The van der Waals surface area contributed by atoms with Gasteiger partial charge < -0.3 is 4.90 Å². The summed E-state index contributed by atoms with van der Waals surface area (Å²) in [5.41, 5.74) is 0. The molecular weight excluding hydrogens is 206 g/mol. The topological polar surface area (TPSA) is 3.24 Å². The normalized spacial score (nSPS) is 11.0. The molecule has 0 aromatic heterocycles. The van der Waals surface area contributed by atoms with Crippen LogP contribution in [0.2, 0.25) is 0 Å². The third kappa shape index (κ3) is 12.0. The van der Waals surface area contributed by atoms with Crippen molar-refractivity contribution >= 4 is 0 Å². The lowest BCUT2D eigenvalue weighted by molar-refractivity contribution is 0.278. The van der Waals surface area contributed by atoms with Crippen molar-refractivity contribution in [2.45, 2.75) is 71.6 Å². The largest absolute Gasteiger partial charge is 0.304 e. The van der Waals surface area contributed by atoms with Gasteiger partial charge in [0.05, 0.1) is 0 Å². The lowest BCUT2D eigenvalue weighted by Crippen LogP contribution is -2.25. The highest BCUT2D eigenvalue weighted by molar-refractivity contribution is 4.67. The highest BCUT2D eigenvalue weighted by Gasteiger charge is 2.00. The lowest BCUT2D eigenvalue weighted by Gasteiger charge is -2.19. The maximum Gasteiger partial charge on any atom is -0.00159 e. The zero-order valence-electron chi connectivity index (χ0n) is 12.2. The van der Waals surface area contributed by atoms with Crippen LogP contribution in [0.5, 0.6) is 0 Å². The van der Waals surface area contributed by atoms with Crippen LogP contribution >= 0.6 is 0 Å². The summed E-state index contributed by atoms with van der Waals surface area (Å²) in [6.45, 7) is 12.1. The van der Waals surface area contributed by atoms with Crippen molar-refractivity contribution in [3.05, 3.63) is 12.7 Å². The van der Waals surface area contributed by atoms with E-state index in [2.05, 4.69) is 25.3 Å². The Morgan fingerprint density at radius 3 is 2.00 bits per heavy atom. The fraction of sp³-hybridized carbons (Fsp3) is 0.875. The number of hydrogen-bond acceptors (Lipinski definition) is 1. The molecule has 0 aromatic carbocycles. The number of rotatable bonds is 13. The van der Waals surface area contributed by atoms with Gasteiger partial charge in [-0.15, -0.1) is 6.58 Å². The van der Waals surface area contributed by atoms with Gasteiger partial charge in [-0.3, -0.25) is 0 Å². The molecule has 0 aliphatic heterocycles. The minimum Gasteiger partial charge on any atom is -0.304 e. The van der Waals surface area contributed by atoms with Crippen LogP contribution in [0.4, 0.5) is 0 Å². The van der Waals surface area contributed by atoms with Gasteiger partial charge >= 0.3 is 0 Å². The molecule has 0 atom stereocenters. The van der Waals surface area contributed by atoms with E-state index in [0.29, 0.717) is 0 Å². The predicted molar refractivity (Wildman–Crippen MR) is 79.5 cm³/mol. The molecule has 0 aliphatic rings. The molecule has 0 N–H and O–H groups in total. The van der Waals surface area contributed by atoms with Crippen LogP contribution in [-0.2, 0) is 0 Å². The van der Waals surface area contributed by atoms with Gasteiger partial charge in [0.1, 0.15) is 0 Å². The van der Waals surface area contributed by atoms with Gasteiger partial charge in [0.2, 0.25) is 0 Å². The SMILES string of the molecule is C=CCCCN(CC)CCCCCCCCC. The summed E-state index contributed by atoms with van der Waals surface area (Å²) >= 11 is 0. The zero-order valence-corrected chi connectivity index (χ0v) is 12.2. The van der Waals surface area contributed by atoms with Crippen LogP contribution in [-0.4, -0.2) is 24.5 Å². The molecule has 0 rings (SSSR count). The molecule has 0 spiro atoms. The zero-order chi connectivity index (χ0) is 12.8. The Morgan fingerprint density at radius 1 is 0.824 bits per heavy atom. The maximum absolute atomic E-state index is 3.78. The molecule has 0 aromatic rings. The molecule has 0 amide bonds. The predicted octanol–water partition coefficient (Wildman–Crippen LogP) is 5.03. The van der Waals surface area contributed by atoms with Crippen molar-refractivity contribution in [3.63, 3.8) is 0 Å².